The lowest BCUT2D eigenvalue weighted by atomic mass is 10.2. The summed E-state index contributed by atoms with van der Waals surface area (Å²) in [5.74, 6) is 1.66. The number of halogens is 1. The molecule has 102 valence electrons. The van der Waals surface area contributed by atoms with E-state index in [1.54, 1.807) is 0 Å². The molecule has 0 radical (unpaired) electrons. The topological polar surface area (TPSA) is 47.3 Å². The Morgan fingerprint density at radius 2 is 2.16 bits per heavy atom. The zero-order valence-corrected chi connectivity index (χ0v) is 12.9. The molecule has 2 aromatic rings. The van der Waals surface area contributed by atoms with E-state index in [9.17, 15) is 0 Å². The summed E-state index contributed by atoms with van der Waals surface area (Å²) >= 11 is 3.53. The second-order valence-corrected chi connectivity index (χ2v) is 5.20. The zero-order valence-electron chi connectivity index (χ0n) is 11.3. The van der Waals surface area contributed by atoms with Crippen molar-refractivity contribution in [2.75, 3.05) is 7.05 Å². The van der Waals surface area contributed by atoms with Gasteiger partial charge in [-0.05, 0) is 42.9 Å². The van der Waals surface area contributed by atoms with Crippen molar-refractivity contribution >= 4 is 15.9 Å². The molecule has 0 atom stereocenters. The van der Waals surface area contributed by atoms with Crippen LogP contribution in [-0.4, -0.2) is 12.2 Å². The summed E-state index contributed by atoms with van der Waals surface area (Å²) < 4.78 is 12.0. The maximum atomic E-state index is 5.94. The van der Waals surface area contributed by atoms with E-state index in [-0.39, 0.29) is 0 Å². The molecule has 0 aliphatic rings. The lowest BCUT2D eigenvalue weighted by Gasteiger charge is -2.13. The Morgan fingerprint density at radius 1 is 1.37 bits per heavy atom. The van der Waals surface area contributed by atoms with Crippen molar-refractivity contribution < 1.29 is 9.26 Å². The van der Waals surface area contributed by atoms with Crippen molar-refractivity contribution in [1.82, 2.24) is 10.5 Å². The molecule has 0 aliphatic carbocycles. The molecular weight excluding hydrogens is 308 g/mol. The first-order valence-corrected chi connectivity index (χ1v) is 6.89. The third-order valence-corrected chi connectivity index (χ3v) is 3.58. The molecule has 1 aromatic heterocycles. The molecule has 4 nitrogen and oxygen atoms in total. The number of rotatable bonds is 5. The number of hydrogen-bond donors (Lipinski definition) is 1. The highest BCUT2D eigenvalue weighted by Gasteiger charge is 2.12. The van der Waals surface area contributed by atoms with E-state index in [4.69, 9.17) is 9.26 Å². The maximum absolute atomic E-state index is 5.94. The molecule has 0 spiro atoms. The van der Waals surface area contributed by atoms with Gasteiger partial charge in [-0.3, -0.25) is 0 Å². The van der Waals surface area contributed by atoms with Crippen LogP contribution in [-0.2, 0) is 13.2 Å². The Labute approximate surface area is 121 Å². The van der Waals surface area contributed by atoms with E-state index in [0.29, 0.717) is 6.61 Å². The van der Waals surface area contributed by atoms with Crippen LogP contribution >= 0.6 is 15.9 Å². The fraction of sp³-hybridized carbons (Fsp3) is 0.357. The number of para-hydroxylation sites is 1. The minimum atomic E-state index is 0.459. The van der Waals surface area contributed by atoms with Crippen LogP contribution < -0.4 is 10.1 Å². The molecule has 0 amide bonds. The summed E-state index contributed by atoms with van der Waals surface area (Å²) in [5.41, 5.74) is 2.99. The lowest BCUT2D eigenvalue weighted by Crippen LogP contribution is -2.08. The Balaban J connectivity index is 2.19. The van der Waals surface area contributed by atoms with Crippen LogP contribution in [0.15, 0.2) is 27.2 Å². The number of benzene rings is 1. The fourth-order valence-electron chi connectivity index (χ4n) is 1.90. The molecule has 1 N–H and O–H groups in total. The van der Waals surface area contributed by atoms with Crippen LogP contribution in [0.4, 0.5) is 0 Å². The zero-order chi connectivity index (χ0) is 13.8. The SMILES string of the molecule is CNCc1cccc(Br)c1OCc1c(C)noc1C. The number of aryl methyl sites for hydroxylation is 2. The van der Waals surface area contributed by atoms with Gasteiger partial charge in [0.15, 0.2) is 0 Å². The van der Waals surface area contributed by atoms with Crippen LogP contribution in [0.1, 0.15) is 22.6 Å². The van der Waals surface area contributed by atoms with Crippen LogP contribution in [0.25, 0.3) is 0 Å². The number of ether oxygens (including phenoxy) is 1. The first-order chi connectivity index (χ1) is 9.13. The van der Waals surface area contributed by atoms with Crippen molar-refractivity contribution in [3.8, 4) is 5.75 Å². The molecule has 1 aromatic carbocycles. The molecule has 0 bridgehead atoms. The molecule has 0 saturated carbocycles. The summed E-state index contributed by atoms with van der Waals surface area (Å²) in [4.78, 5) is 0. The molecule has 0 aliphatic heterocycles. The molecule has 2 rings (SSSR count). The van der Waals surface area contributed by atoms with Gasteiger partial charge in [-0.1, -0.05) is 17.3 Å². The quantitative estimate of drug-likeness (QED) is 0.916. The second kappa shape index (κ2) is 6.21. The largest absolute Gasteiger partial charge is 0.487 e. The average Bonchev–Trinajstić information content (AvgIpc) is 2.69. The third-order valence-electron chi connectivity index (χ3n) is 2.96. The number of aromatic nitrogens is 1. The summed E-state index contributed by atoms with van der Waals surface area (Å²) in [5, 5.41) is 7.07. The van der Waals surface area contributed by atoms with Gasteiger partial charge in [-0.2, -0.15) is 0 Å². The predicted molar refractivity (Wildman–Crippen MR) is 77.2 cm³/mol. The van der Waals surface area contributed by atoms with Gasteiger partial charge in [0.2, 0.25) is 0 Å². The molecule has 1 heterocycles. The number of nitrogens with zero attached hydrogens (tertiary/aromatic N) is 1. The minimum Gasteiger partial charge on any atom is -0.487 e. The Kier molecular flexibility index (Phi) is 4.61. The van der Waals surface area contributed by atoms with Gasteiger partial charge in [0.1, 0.15) is 18.1 Å². The highest BCUT2D eigenvalue weighted by atomic mass is 79.9. The molecule has 5 heteroatoms. The van der Waals surface area contributed by atoms with Gasteiger partial charge in [0.25, 0.3) is 0 Å². The smallest absolute Gasteiger partial charge is 0.140 e. The Morgan fingerprint density at radius 3 is 2.79 bits per heavy atom. The standard InChI is InChI=1S/C14H17BrN2O2/c1-9-12(10(2)19-17-9)8-18-14-11(7-16-3)5-4-6-13(14)15/h4-6,16H,7-8H2,1-3H3. The average molecular weight is 325 g/mol. The number of nitrogens with one attached hydrogen (secondary N) is 1. The molecule has 19 heavy (non-hydrogen) atoms. The first kappa shape index (κ1) is 14.1. The van der Waals surface area contributed by atoms with E-state index in [1.165, 1.54) is 0 Å². The second-order valence-electron chi connectivity index (χ2n) is 4.35. The van der Waals surface area contributed by atoms with Gasteiger partial charge in [0, 0.05) is 12.1 Å². The fourth-order valence-corrected chi connectivity index (χ4v) is 2.42. The van der Waals surface area contributed by atoms with E-state index >= 15 is 0 Å². The van der Waals surface area contributed by atoms with Gasteiger partial charge in [-0.25, -0.2) is 0 Å². The van der Waals surface area contributed by atoms with Crippen LogP contribution in [0.2, 0.25) is 0 Å². The molecule has 0 saturated heterocycles. The summed E-state index contributed by atoms with van der Waals surface area (Å²) in [6.45, 7) is 5.04. The van der Waals surface area contributed by atoms with Crippen LogP contribution in [0.5, 0.6) is 5.75 Å². The highest BCUT2D eigenvalue weighted by molar-refractivity contribution is 9.10. The van der Waals surface area contributed by atoms with Crippen molar-refractivity contribution in [3.63, 3.8) is 0 Å². The van der Waals surface area contributed by atoms with Crippen molar-refractivity contribution in [2.45, 2.75) is 27.0 Å². The first-order valence-electron chi connectivity index (χ1n) is 6.10. The van der Waals surface area contributed by atoms with E-state index in [0.717, 1.165) is 39.3 Å². The van der Waals surface area contributed by atoms with Gasteiger partial charge >= 0.3 is 0 Å². The third kappa shape index (κ3) is 3.16. The Bertz CT molecular complexity index is 547. The van der Waals surface area contributed by atoms with Crippen molar-refractivity contribution in [3.05, 3.63) is 45.3 Å². The van der Waals surface area contributed by atoms with E-state index in [1.807, 2.05) is 39.1 Å². The monoisotopic (exact) mass is 324 g/mol. The summed E-state index contributed by atoms with van der Waals surface area (Å²) in [6, 6.07) is 6.02. The van der Waals surface area contributed by atoms with Crippen LogP contribution in [0.3, 0.4) is 0 Å². The predicted octanol–water partition coefficient (Wildman–Crippen LogP) is 3.35. The molecule has 0 unspecified atom stereocenters. The van der Waals surface area contributed by atoms with Gasteiger partial charge < -0.3 is 14.6 Å². The normalized spacial score (nSPS) is 10.7. The molecule has 0 fully saturated rings. The van der Waals surface area contributed by atoms with E-state index in [2.05, 4.69) is 26.4 Å². The van der Waals surface area contributed by atoms with Crippen LogP contribution in [0, 0.1) is 13.8 Å². The lowest BCUT2D eigenvalue weighted by molar-refractivity contribution is 0.296. The van der Waals surface area contributed by atoms with Crippen molar-refractivity contribution in [2.24, 2.45) is 0 Å². The Hall–Kier alpha value is -1.33. The van der Waals surface area contributed by atoms with Gasteiger partial charge in [-0.15, -0.1) is 0 Å². The number of hydrogen-bond acceptors (Lipinski definition) is 4. The summed E-state index contributed by atoms with van der Waals surface area (Å²) in [6.07, 6.45) is 0. The highest BCUT2D eigenvalue weighted by Crippen LogP contribution is 2.30. The minimum absolute atomic E-state index is 0.459. The summed E-state index contributed by atoms with van der Waals surface area (Å²) in [7, 11) is 1.92. The van der Waals surface area contributed by atoms with Gasteiger partial charge in [0.05, 0.1) is 15.7 Å². The molecular formula is C14H17BrN2O2. The maximum Gasteiger partial charge on any atom is 0.140 e. The van der Waals surface area contributed by atoms with Crippen molar-refractivity contribution in [1.29, 1.82) is 0 Å². The van der Waals surface area contributed by atoms with E-state index < -0.39 is 0 Å².